The monoisotopic (exact) mass is 1160 g/mol. The van der Waals surface area contributed by atoms with Gasteiger partial charge in [-0.1, -0.05) is 133 Å². The Kier molecular flexibility index (Phi) is 9.72. The Morgan fingerprint density at radius 2 is 0.352 bits per heavy atom. The van der Waals surface area contributed by atoms with E-state index in [1.54, 1.807) is 0 Å². The van der Waals surface area contributed by atoms with Gasteiger partial charge in [-0.25, -0.2) is 0 Å². The maximum Gasteiger partial charge on any atom is 0.135 e. The van der Waals surface area contributed by atoms with Gasteiger partial charge in [0.1, 0.15) is 33.5 Å². The van der Waals surface area contributed by atoms with Crippen molar-refractivity contribution in [1.82, 2.24) is 18.3 Å². The molecule has 0 aliphatic heterocycles. The second-order valence-electron chi connectivity index (χ2n) is 24.4. The number of nitrogens with zero attached hydrogens (tertiary/aromatic N) is 4. The Hall–Kier alpha value is -12.3. The smallest absolute Gasteiger partial charge is 0.135 e. The molecular weight excluding hydrogens is 1110 g/mol. The summed E-state index contributed by atoms with van der Waals surface area (Å²) in [5, 5.41) is 16.2. The van der Waals surface area contributed by atoms with E-state index in [-0.39, 0.29) is 0 Å². The zero-order valence-corrected chi connectivity index (χ0v) is 48.7. The lowest BCUT2D eigenvalue weighted by Gasteiger charge is -2.10. The second-order valence-corrected chi connectivity index (χ2v) is 24.4. The van der Waals surface area contributed by atoms with E-state index in [0.717, 1.165) is 133 Å². The number of furan rings is 3. The van der Waals surface area contributed by atoms with Crippen molar-refractivity contribution in [2.24, 2.45) is 0 Å². The maximum absolute atomic E-state index is 6.66. The summed E-state index contributed by atoms with van der Waals surface area (Å²) < 4.78 is 29.2. The fraction of sp³-hybridized carbons (Fsp3) is 0. The predicted octanol–water partition coefficient (Wildman–Crippen LogP) is 23.1. The van der Waals surface area contributed by atoms with Gasteiger partial charge < -0.3 is 31.5 Å². The van der Waals surface area contributed by atoms with Crippen LogP contribution in [0.5, 0.6) is 0 Å². The summed E-state index contributed by atoms with van der Waals surface area (Å²) >= 11 is 0. The molecule has 14 aromatic carbocycles. The van der Waals surface area contributed by atoms with Crippen LogP contribution in [0.15, 0.2) is 304 Å². The molecule has 0 radical (unpaired) electrons. The molecule has 0 amide bonds. The standard InChI is InChI=1S/C84H48N4O3/c1-7-19-71-57(13-1)58-14-2-8-20-72(58)85(71)53-29-37-81-67(45-53)65-43-51(27-35-79(65)89-81)49-25-33-77-63(41-49)61-17-5-11-23-75(61)87(77)55-31-39-83-69(47-55)70-48-56(32-40-84(70)91-83)88-76-24-12-6-18-62(76)64-42-50(26-34-78(64)88)52-28-36-80-66(44-52)68-46-54(30-38-82(68)90-80)86-73-21-9-3-15-59(73)60-16-4-10-22-74(60)86/h1-48H. The van der Waals surface area contributed by atoms with Crippen LogP contribution in [-0.2, 0) is 0 Å². The van der Waals surface area contributed by atoms with Crippen LogP contribution in [0.1, 0.15) is 0 Å². The molecule has 0 saturated carbocycles. The van der Waals surface area contributed by atoms with Gasteiger partial charge >= 0.3 is 0 Å². The summed E-state index contributed by atoms with van der Waals surface area (Å²) in [6.45, 7) is 0. The maximum atomic E-state index is 6.66. The molecule has 7 heterocycles. The van der Waals surface area contributed by atoms with Crippen molar-refractivity contribution < 1.29 is 13.3 Å². The van der Waals surface area contributed by atoms with E-state index in [9.17, 15) is 0 Å². The summed E-state index contributed by atoms with van der Waals surface area (Å²) in [5.41, 5.74) is 23.4. The number of benzene rings is 14. The molecule has 7 aromatic heterocycles. The minimum atomic E-state index is 0.848. The van der Waals surface area contributed by atoms with Crippen molar-refractivity contribution in [3.63, 3.8) is 0 Å². The highest BCUT2D eigenvalue weighted by molar-refractivity contribution is 6.17. The van der Waals surface area contributed by atoms with Crippen LogP contribution in [0.3, 0.4) is 0 Å². The van der Waals surface area contributed by atoms with Gasteiger partial charge in [0, 0.05) is 98.2 Å². The topological polar surface area (TPSA) is 59.1 Å². The summed E-state index contributed by atoms with van der Waals surface area (Å²) in [4.78, 5) is 0. The Bertz CT molecular complexity index is 6220. The summed E-state index contributed by atoms with van der Waals surface area (Å²) in [5.74, 6) is 0. The third kappa shape index (κ3) is 6.91. The van der Waals surface area contributed by atoms with Gasteiger partial charge in [0.05, 0.1) is 44.1 Å². The van der Waals surface area contributed by atoms with Crippen LogP contribution in [0.4, 0.5) is 0 Å². The van der Waals surface area contributed by atoms with Crippen molar-refractivity contribution in [1.29, 1.82) is 0 Å². The molecule has 7 heteroatoms. The fourth-order valence-electron chi connectivity index (χ4n) is 15.5. The first-order valence-electron chi connectivity index (χ1n) is 31.0. The normalized spacial score (nSPS) is 12.4. The molecule has 0 atom stereocenters. The average Bonchev–Trinajstić information content (AvgIpc) is 1.83. The summed E-state index contributed by atoms with van der Waals surface area (Å²) in [7, 11) is 0. The van der Waals surface area contributed by atoms with E-state index in [1.807, 2.05) is 0 Å². The first kappa shape index (κ1) is 48.8. The van der Waals surface area contributed by atoms with E-state index in [0.29, 0.717) is 0 Å². The highest BCUT2D eigenvalue weighted by Crippen LogP contribution is 2.44. The number of hydrogen-bond donors (Lipinski definition) is 0. The quantitative estimate of drug-likeness (QED) is 0.167. The molecule has 21 aromatic rings. The zero-order valence-electron chi connectivity index (χ0n) is 48.7. The molecule has 0 spiro atoms. The molecule has 0 aliphatic rings. The number of hydrogen-bond acceptors (Lipinski definition) is 3. The SMILES string of the molecule is c1ccc2c(c1)c1ccccc1n2-c1ccc2oc3ccc(-c4ccc5c(c4)c4ccccc4n5-c4ccc5oc6ccc(-n7c8ccccc8c8cc(-c9ccc%10oc%11ccc(-n%12c%13ccccc%13c%13ccccc%13%12)cc%11c%10c9)ccc87)cc6c5c4)cc3c2c1. The highest BCUT2D eigenvalue weighted by Gasteiger charge is 2.22. The average molecular weight is 1160 g/mol. The lowest BCUT2D eigenvalue weighted by molar-refractivity contribution is 0.668. The molecule has 0 N–H and O–H groups in total. The number of aromatic nitrogens is 4. The van der Waals surface area contributed by atoms with Crippen LogP contribution in [0.25, 0.3) is 198 Å². The first-order valence-corrected chi connectivity index (χ1v) is 31.0. The van der Waals surface area contributed by atoms with Crippen molar-refractivity contribution in [2.75, 3.05) is 0 Å². The predicted molar refractivity (Wildman–Crippen MR) is 377 cm³/mol. The van der Waals surface area contributed by atoms with E-state index in [4.69, 9.17) is 13.3 Å². The molecule has 422 valence electrons. The molecule has 0 unspecified atom stereocenters. The lowest BCUT2D eigenvalue weighted by atomic mass is 10.0. The first-order chi connectivity index (χ1) is 45.1. The molecular formula is C84H48N4O3. The number of para-hydroxylation sites is 6. The van der Waals surface area contributed by atoms with Gasteiger partial charge in [0.25, 0.3) is 0 Å². The Morgan fingerprint density at radius 3 is 0.626 bits per heavy atom. The van der Waals surface area contributed by atoms with Gasteiger partial charge in [-0.15, -0.1) is 0 Å². The van der Waals surface area contributed by atoms with Crippen molar-refractivity contribution >= 4 is 153 Å². The van der Waals surface area contributed by atoms with E-state index >= 15 is 0 Å². The van der Waals surface area contributed by atoms with Gasteiger partial charge in [-0.3, -0.25) is 0 Å². The molecule has 0 saturated heterocycles. The van der Waals surface area contributed by atoms with Crippen LogP contribution >= 0.6 is 0 Å². The van der Waals surface area contributed by atoms with Crippen molar-refractivity contribution in [2.45, 2.75) is 0 Å². The minimum absolute atomic E-state index is 0.848. The summed E-state index contributed by atoms with van der Waals surface area (Å²) in [6.07, 6.45) is 0. The second kappa shape index (κ2) is 18.1. The van der Waals surface area contributed by atoms with E-state index < -0.39 is 0 Å². The molecule has 0 fully saturated rings. The molecule has 91 heavy (non-hydrogen) atoms. The third-order valence-corrected chi connectivity index (χ3v) is 19.5. The number of fused-ring (bicyclic) bond motifs is 21. The molecule has 0 bridgehead atoms. The van der Waals surface area contributed by atoms with Crippen LogP contribution in [-0.4, -0.2) is 18.3 Å². The highest BCUT2D eigenvalue weighted by atomic mass is 16.3. The van der Waals surface area contributed by atoms with Crippen LogP contribution in [0, 0.1) is 0 Å². The molecule has 21 rings (SSSR count). The van der Waals surface area contributed by atoms with Gasteiger partial charge in [-0.2, -0.15) is 0 Å². The van der Waals surface area contributed by atoms with Gasteiger partial charge in [0.2, 0.25) is 0 Å². The third-order valence-electron chi connectivity index (χ3n) is 19.5. The van der Waals surface area contributed by atoms with E-state index in [1.165, 1.54) is 65.2 Å². The summed E-state index contributed by atoms with van der Waals surface area (Å²) in [6, 6.07) is 106. The van der Waals surface area contributed by atoms with Crippen molar-refractivity contribution in [3.05, 3.63) is 291 Å². The van der Waals surface area contributed by atoms with Gasteiger partial charge in [-0.05, 0) is 180 Å². The minimum Gasteiger partial charge on any atom is -0.456 e. The van der Waals surface area contributed by atoms with Crippen LogP contribution in [0.2, 0.25) is 0 Å². The van der Waals surface area contributed by atoms with Crippen molar-refractivity contribution in [3.8, 4) is 45.0 Å². The number of rotatable bonds is 6. The Labute approximate surface area is 517 Å². The molecule has 0 aliphatic carbocycles. The van der Waals surface area contributed by atoms with Crippen LogP contribution < -0.4 is 0 Å². The molecule has 7 nitrogen and oxygen atoms in total. The largest absolute Gasteiger partial charge is 0.456 e. The lowest BCUT2D eigenvalue weighted by Crippen LogP contribution is -1.94. The Morgan fingerprint density at radius 1 is 0.154 bits per heavy atom. The van der Waals surface area contributed by atoms with Gasteiger partial charge in [0.15, 0.2) is 0 Å². The fourth-order valence-corrected chi connectivity index (χ4v) is 15.5. The van der Waals surface area contributed by atoms with E-state index in [2.05, 4.69) is 309 Å². The Balaban J connectivity index is 0.649. The zero-order chi connectivity index (χ0) is 59.2.